The first kappa shape index (κ1) is 39.8. The summed E-state index contributed by atoms with van der Waals surface area (Å²) >= 11 is 1.62. The Morgan fingerprint density at radius 1 is 0.880 bits per heavy atom. The number of thioether (sulfide) groups is 1. The van der Waals surface area contributed by atoms with E-state index in [0.29, 0.717) is 46.0 Å². The molecule has 0 saturated heterocycles. The van der Waals surface area contributed by atoms with Crippen LogP contribution in [0.1, 0.15) is 70.5 Å². The van der Waals surface area contributed by atoms with E-state index in [2.05, 4.69) is 34.4 Å². The number of hydrogen-bond acceptors (Lipinski definition) is 7. The highest BCUT2D eigenvalue weighted by molar-refractivity contribution is 7.98. The van der Waals surface area contributed by atoms with Gasteiger partial charge in [-0.15, -0.1) is 0 Å². The van der Waals surface area contributed by atoms with E-state index in [9.17, 15) is 27.6 Å². The normalized spacial score (nSPS) is 10.9. The molecule has 0 saturated carbocycles. The van der Waals surface area contributed by atoms with Gasteiger partial charge in [0.15, 0.2) is 0 Å². The Morgan fingerprint density at radius 2 is 1.58 bits per heavy atom. The van der Waals surface area contributed by atoms with Crippen LogP contribution in [-0.4, -0.2) is 54.1 Å². The summed E-state index contributed by atoms with van der Waals surface area (Å²) in [5.74, 6) is 0.599. The molecule has 0 unspecified atom stereocenters. The van der Waals surface area contributed by atoms with Crippen LogP contribution in [0.2, 0.25) is 0 Å². The van der Waals surface area contributed by atoms with E-state index >= 15 is 0 Å². The smallest absolute Gasteiger partial charge is 0.400 e. The second-order valence-electron chi connectivity index (χ2n) is 11.2. The zero-order chi connectivity index (χ0) is 36.5. The lowest BCUT2D eigenvalue weighted by molar-refractivity contribution is -0.137. The number of nitrogens with zero attached hydrogens (tertiary/aromatic N) is 2. The molecule has 3 aromatic carbocycles. The summed E-state index contributed by atoms with van der Waals surface area (Å²) in [6.07, 6.45) is 0.264. The first-order valence-corrected chi connectivity index (χ1v) is 17.4. The summed E-state index contributed by atoms with van der Waals surface area (Å²) in [7, 11) is 1.00. The van der Waals surface area contributed by atoms with E-state index in [-0.39, 0.29) is 18.0 Å². The molecule has 0 spiro atoms. The summed E-state index contributed by atoms with van der Waals surface area (Å²) in [5.41, 5.74) is 3.78. The molecule has 0 bridgehead atoms. The largest absolute Gasteiger partial charge is 0.416 e. The fraction of sp³-hybridized carbons (Fsp3) is 0.316. The lowest BCUT2D eigenvalue weighted by Crippen LogP contribution is -2.25. The highest BCUT2D eigenvalue weighted by atomic mass is 32.2. The van der Waals surface area contributed by atoms with Crippen molar-refractivity contribution in [1.82, 2.24) is 10.3 Å². The van der Waals surface area contributed by atoms with Crippen molar-refractivity contribution >= 4 is 41.2 Å². The number of carbonyl (C=O) groups excluding carboxylic acids is 3. The van der Waals surface area contributed by atoms with Gasteiger partial charge in [-0.3, -0.25) is 14.6 Å². The first-order valence-electron chi connectivity index (χ1n) is 16.3. The van der Waals surface area contributed by atoms with Crippen molar-refractivity contribution in [2.24, 2.45) is 0 Å². The number of carbonyl (C=O) groups is 3. The molecule has 266 valence electrons. The van der Waals surface area contributed by atoms with Crippen LogP contribution >= 0.6 is 11.8 Å². The molecule has 3 N–H and O–H groups in total. The van der Waals surface area contributed by atoms with Crippen molar-refractivity contribution in [3.8, 4) is 11.3 Å². The molecule has 4 aromatic rings. The summed E-state index contributed by atoms with van der Waals surface area (Å²) in [5, 5.41) is 12.7. The fourth-order valence-electron chi connectivity index (χ4n) is 5.14. The number of aliphatic hydroxyl groups is 1. The van der Waals surface area contributed by atoms with Gasteiger partial charge in [-0.25, -0.2) is 0 Å². The van der Waals surface area contributed by atoms with E-state index < -0.39 is 17.6 Å². The van der Waals surface area contributed by atoms with E-state index in [1.807, 2.05) is 36.4 Å². The minimum Gasteiger partial charge on any atom is -0.400 e. The Kier molecular flexibility index (Phi) is 16.0. The van der Waals surface area contributed by atoms with Gasteiger partial charge in [0.1, 0.15) is 6.29 Å². The molecule has 0 aliphatic heterocycles. The molecule has 0 aliphatic carbocycles. The molecular formula is C38H43F3N4O4S. The van der Waals surface area contributed by atoms with Gasteiger partial charge in [0, 0.05) is 73.2 Å². The van der Waals surface area contributed by atoms with Crippen LogP contribution in [0, 0.1) is 0 Å². The standard InChI is InChI=1S/C37H39F3N4O3S.CH4O/c1-3-16-44(17-4-2)31-12-13-33(43-36(47)28-10-5-9-27(20-28)25-48-19-7-18-45)32(23-31)34-22-29(14-15-41-34)35(46)42-24-26-8-6-11-30(21-26)37(38,39)40;1-2/h5-6,8-15,18,20-23H,3-4,7,16-17,19,24-25H2,1-2H3,(H,42,46)(H,43,47);2H,1H3. The summed E-state index contributed by atoms with van der Waals surface area (Å²) < 4.78 is 39.5. The van der Waals surface area contributed by atoms with Crippen LogP contribution in [0.15, 0.2) is 85.1 Å². The second-order valence-corrected chi connectivity index (χ2v) is 12.3. The zero-order valence-corrected chi connectivity index (χ0v) is 29.2. The molecule has 0 fully saturated rings. The molecule has 12 heteroatoms. The predicted octanol–water partition coefficient (Wildman–Crippen LogP) is 8.01. The van der Waals surface area contributed by atoms with Gasteiger partial charge in [0.2, 0.25) is 0 Å². The van der Waals surface area contributed by atoms with Crippen molar-refractivity contribution in [3.05, 3.63) is 113 Å². The van der Waals surface area contributed by atoms with Gasteiger partial charge >= 0.3 is 6.18 Å². The van der Waals surface area contributed by atoms with Crippen molar-refractivity contribution < 1.29 is 32.7 Å². The average Bonchev–Trinajstić information content (AvgIpc) is 3.13. The average molecular weight is 709 g/mol. The van der Waals surface area contributed by atoms with E-state index in [0.717, 1.165) is 62.7 Å². The molecule has 0 atom stereocenters. The maximum absolute atomic E-state index is 13.5. The van der Waals surface area contributed by atoms with Crippen molar-refractivity contribution in [1.29, 1.82) is 0 Å². The maximum atomic E-state index is 13.5. The lowest BCUT2D eigenvalue weighted by Gasteiger charge is -2.25. The highest BCUT2D eigenvalue weighted by Gasteiger charge is 2.30. The first-order chi connectivity index (χ1) is 24.1. The number of pyridine rings is 1. The second kappa shape index (κ2) is 20.1. The molecule has 50 heavy (non-hydrogen) atoms. The Labute approximate surface area is 295 Å². The molecule has 2 amide bonds. The summed E-state index contributed by atoms with van der Waals surface area (Å²) in [4.78, 5) is 44.1. The van der Waals surface area contributed by atoms with E-state index in [4.69, 9.17) is 5.11 Å². The lowest BCUT2D eigenvalue weighted by atomic mass is 10.0. The third-order valence-electron chi connectivity index (χ3n) is 7.45. The van der Waals surface area contributed by atoms with Crippen LogP contribution in [0.5, 0.6) is 0 Å². The van der Waals surface area contributed by atoms with Gasteiger partial charge in [-0.05, 0) is 78.6 Å². The number of rotatable bonds is 16. The van der Waals surface area contributed by atoms with Crippen LogP contribution < -0.4 is 15.5 Å². The van der Waals surface area contributed by atoms with Crippen molar-refractivity contribution in [2.75, 3.05) is 36.2 Å². The Morgan fingerprint density at radius 3 is 2.28 bits per heavy atom. The minimum absolute atomic E-state index is 0.0884. The number of anilines is 2. The Bertz CT molecular complexity index is 1710. The molecule has 1 aromatic heterocycles. The number of amides is 2. The highest BCUT2D eigenvalue weighted by Crippen LogP contribution is 2.33. The SMILES string of the molecule is CCCN(CCC)c1ccc(NC(=O)c2cccc(CSCCC=O)c2)c(-c2cc(C(=O)NCc3cccc(C(F)(F)F)c3)ccn2)c1.CO. The van der Waals surface area contributed by atoms with Crippen molar-refractivity contribution in [3.63, 3.8) is 0 Å². The van der Waals surface area contributed by atoms with Crippen LogP contribution in [0.25, 0.3) is 11.3 Å². The monoisotopic (exact) mass is 708 g/mol. The number of aliphatic hydroxyl groups excluding tert-OH is 1. The van der Waals surface area contributed by atoms with Gasteiger partial charge in [-0.1, -0.05) is 38.1 Å². The number of hydrogen-bond donors (Lipinski definition) is 3. The van der Waals surface area contributed by atoms with Gasteiger partial charge < -0.3 is 25.4 Å². The summed E-state index contributed by atoms with van der Waals surface area (Å²) in [6, 6.07) is 21.0. The van der Waals surface area contributed by atoms with Gasteiger partial charge in [0.25, 0.3) is 11.8 Å². The third-order valence-corrected chi connectivity index (χ3v) is 8.51. The maximum Gasteiger partial charge on any atom is 0.416 e. The molecule has 8 nitrogen and oxygen atoms in total. The predicted molar refractivity (Wildman–Crippen MR) is 194 cm³/mol. The molecule has 0 aliphatic rings. The summed E-state index contributed by atoms with van der Waals surface area (Å²) in [6.45, 7) is 5.80. The number of aldehydes is 1. The quantitative estimate of drug-likeness (QED) is 0.0799. The number of aromatic nitrogens is 1. The number of nitrogens with one attached hydrogen (secondary N) is 2. The van der Waals surface area contributed by atoms with Crippen LogP contribution in [0.4, 0.5) is 24.5 Å². The van der Waals surface area contributed by atoms with E-state index in [1.54, 1.807) is 23.9 Å². The third kappa shape index (κ3) is 11.7. The molecular weight excluding hydrogens is 666 g/mol. The van der Waals surface area contributed by atoms with Gasteiger partial charge in [-0.2, -0.15) is 24.9 Å². The fourth-order valence-corrected chi connectivity index (χ4v) is 5.96. The van der Waals surface area contributed by atoms with Crippen LogP contribution in [-0.2, 0) is 23.3 Å². The molecule has 0 radical (unpaired) electrons. The van der Waals surface area contributed by atoms with E-state index in [1.165, 1.54) is 24.4 Å². The minimum atomic E-state index is -4.48. The topological polar surface area (TPSA) is 112 Å². The Hall–Kier alpha value is -4.68. The Balaban J connectivity index is 0.00000332. The van der Waals surface area contributed by atoms with Crippen molar-refractivity contribution in [2.45, 2.75) is 51.6 Å². The van der Waals surface area contributed by atoms with Crippen LogP contribution in [0.3, 0.4) is 0 Å². The number of alkyl halides is 3. The molecule has 4 rings (SSSR count). The van der Waals surface area contributed by atoms with Gasteiger partial charge in [0.05, 0.1) is 16.9 Å². The number of benzene rings is 3. The zero-order valence-electron chi connectivity index (χ0n) is 28.4. The molecule has 1 heterocycles. The number of halogens is 3.